The predicted octanol–water partition coefficient (Wildman–Crippen LogP) is 2.44. The van der Waals surface area contributed by atoms with Crippen molar-refractivity contribution in [1.82, 2.24) is 14.1 Å². The van der Waals surface area contributed by atoms with E-state index in [4.69, 9.17) is 0 Å². The molecule has 1 aliphatic carbocycles. The van der Waals surface area contributed by atoms with Gasteiger partial charge in [0.15, 0.2) is 0 Å². The predicted molar refractivity (Wildman–Crippen MR) is 72.2 cm³/mol. The van der Waals surface area contributed by atoms with Gasteiger partial charge in [-0.1, -0.05) is 6.92 Å². The Bertz CT molecular complexity index is 591. The smallest absolute Gasteiger partial charge is 0.296 e. The summed E-state index contributed by atoms with van der Waals surface area (Å²) in [5.74, 6) is 0. The largest absolute Gasteiger partial charge is 0.328 e. The summed E-state index contributed by atoms with van der Waals surface area (Å²) in [5.41, 5.74) is 1.10. The Morgan fingerprint density at radius 3 is 3.00 bits per heavy atom. The van der Waals surface area contributed by atoms with Crippen molar-refractivity contribution in [2.45, 2.75) is 45.2 Å². The highest BCUT2D eigenvalue weighted by Gasteiger charge is 2.25. The van der Waals surface area contributed by atoms with E-state index in [1.165, 1.54) is 5.01 Å². The number of aryl methyl sites for hydroxylation is 1. The molecule has 2 heterocycles. The van der Waals surface area contributed by atoms with Crippen molar-refractivity contribution in [1.29, 1.82) is 0 Å². The summed E-state index contributed by atoms with van der Waals surface area (Å²) in [6, 6.07) is 0.449. The molecule has 0 spiro atoms. The molecule has 0 unspecified atom stereocenters. The maximum Gasteiger partial charge on any atom is 0.328 e. The van der Waals surface area contributed by atoms with Crippen LogP contribution in [0, 0.1) is 0 Å². The third-order valence-corrected chi connectivity index (χ3v) is 4.17. The quantitative estimate of drug-likeness (QED) is 0.831. The van der Waals surface area contributed by atoms with Crippen LogP contribution in [-0.4, -0.2) is 14.1 Å². The molecule has 2 aromatic heterocycles. The maximum absolute atomic E-state index is 12.1. The van der Waals surface area contributed by atoms with Gasteiger partial charge in [-0.3, -0.25) is 9.13 Å². The fourth-order valence-electron chi connectivity index (χ4n) is 2.10. The summed E-state index contributed by atoms with van der Waals surface area (Å²) in [7, 11) is 0. The van der Waals surface area contributed by atoms with E-state index < -0.39 is 0 Å². The van der Waals surface area contributed by atoms with Crippen molar-refractivity contribution in [2.24, 2.45) is 0 Å². The molecule has 4 nitrogen and oxygen atoms in total. The van der Waals surface area contributed by atoms with E-state index in [2.05, 4.69) is 17.3 Å². The van der Waals surface area contributed by atoms with Gasteiger partial charge in [0.25, 0.3) is 0 Å². The number of nitrogens with zero attached hydrogens (tertiary/aromatic N) is 3. The lowest BCUT2D eigenvalue weighted by molar-refractivity contribution is 0.651. The van der Waals surface area contributed by atoms with Gasteiger partial charge in [0, 0.05) is 23.8 Å². The van der Waals surface area contributed by atoms with Crippen molar-refractivity contribution in [2.75, 3.05) is 0 Å². The zero-order chi connectivity index (χ0) is 12.5. The Morgan fingerprint density at radius 2 is 2.28 bits per heavy atom. The zero-order valence-corrected chi connectivity index (χ0v) is 11.3. The third-order valence-electron chi connectivity index (χ3n) is 3.21. The second-order valence-corrected chi connectivity index (χ2v) is 5.77. The van der Waals surface area contributed by atoms with Crippen LogP contribution in [0.3, 0.4) is 0 Å². The van der Waals surface area contributed by atoms with E-state index in [1.807, 2.05) is 17.0 Å². The second-order valence-electron chi connectivity index (χ2n) is 4.83. The molecule has 0 N–H and O–H groups in total. The van der Waals surface area contributed by atoms with Crippen LogP contribution >= 0.6 is 11.3 Å². The van der Waals surface area contributed by atoms with Crippen molar-refractivity contribution in [3.05, 3.63) is 39.0 Å². The molecule has 0 atom stereocenters. The Kier molecular flexibility index (Phi) is 3.07. The highest BCUT2D eigenvalue weighted by molar-refractivity contribution is 7.09. The van der Waals surface area contributed by atoms with Gasteiger partial charge in [-0.15, -0.1) is 11.3 Å². The third kappa shape index (κ3) is 2.27. The minimum Gasteiger partial charge on any atom is -0.296 e. The summed E-state index contributed by atoms with van der Waals surface area (Å²) in [4.78, 5) is 16.6. The van der Waals surface area contributed by atoms with Crippen molar-refractivity contribution in [3.8, 4) is 0 Å². The van der Waals surface area contributed by atoms with Gasteiger partial charge in [-0.05, 0) is 25.7 Å². The lowest BCUT2D eigenvalue weighted by atomic mass is 10.3. The Hall–Kier alpha value is -1.36. The Labute approximate surface area is 110 Å². The standard InChI is InChI=1S/C13H17N3OS/c1-2-3-12-14-10(9-18-12)8-15-6-7-16(13(15)17)11-4-5-11/h6-7,9,11H,2-5,8H2,1H3. The molecule has 0 radical (unpaired) electrons. The monoisotopic (exact) mass is 263 g/mol. The molecule has 0 saturated heterocycles. The number of hydrogen-bond acceptors (Lipinski definition) is 3. The Morgan fingerprint density at radius 1 is 1.44 bits per heavy atom. The highest BCUT2D eigenvalue weighted by Crippen LogP contribution is 2.33. The molecule has 18 heavy (non-hydrogen) atoms. The van der Waals surface area contributed by atoms with Crippen LogP contribution in [0.1, 0.15) is 42.9 Å². The first-order chi connectivity index (χ1) is 8.78. The van der Waals surface area contributed by atoms with Gasteiger partial charge in [0.05, 0.1) is 17.2 Å². The van der Waals surface area contributed by atoms with Crippen LogP contribution in [0.4, 0.5) is 0 Å². The zero-order valence-electron chi connectivity index (χ0n) is 10.5. The van der Waals surface area contributed by atoms with Crippen LogP contribution in [-0.2, 0) is 13.0 Å². The van der Waals surface area contributed by atoms with Crippen molar-refractivity contribution in [3.63, 3.8) is 0 Å². The highest BCUT2D eigenvalue weighted by atomic mass is 32.1. The van der Waals surface area contributed by atoms with Gasteiger partial charge in [0.2, 0.25) is 0 Å². The number of aromatic nitrogens is 3. The first-order valence-corrected chi connectivity index (χ1v) is 7.36. The molecule has 96 valence electrons. The summed E-state index contributed by atoms with van der Waals surface area (Å²) < 4.78 is 3.60. The fraction of sp³-hybridized carbons (Fsp3) is 0.538. The second kappa shape index (κ2) is 4.72. The Balaban J connectivity index is 1.76. The number of imidazole rings is 1. The molecule has 0 aromatic carbocycles. The average molecular weight is 263 g/mol. The van der Waals surface area contributed by atoms with E-state index in [0.717, 1.165) is 31.4 Å². The molecule has 1 saturated carbocycles. The fourth-order valence-corrected chi connectivity index (χ4v) is 3.00. The van der Waals surface area contributed by atoms with Crippen molar-refractivity contribution >= 4 is 11.3 Å². The minimum absolute atomic E-state index is 0.0996. The van der Waals surface area contributed by atoms with Gasteiger partial charge in [-0.25, -0.2) is 9.78 Å². The molecule has 3 rings (SSSR count). The molecule has 1 fully saturated rings. The van der Waals surface area contributed by atoms with Gasteiger partial charge in [0.1, 0.15) is 0 Å². The minimum atomic E-state index is 0.0996. The molecule has 2 aromatic rings. The summed E-state index contributed by atoms with van der Waals surface area (Å²) in [6.07, 6.45) is 8.20. The molecule has 0 aliphatic heterocycles. The molecular weight excluding hydrogens is 246 g/mol. The van der Waals surface area contributed by atoms with Crippen LogP contribution in [0.5, 0.6) is 0 Å². The van der Waals surface area contributed by atoms with Crippen LogP contribution in [0.15, 0.2) is 22.6 Å². The number of rotatable bonds is 5. The lowest BCUT2D eigenvalue weighted by Crippen LogP contribution is -2.23. The van der Waals surface area contributed by atoms with E-state index in [0.29, 0.717) is 12.6 Å². The van der Waals surface area contributed by atoms with Crippen LogP contribution in [0.25, 0.3) is 0 Å². The van der Waals surface area contributed by atoms with Crippen LogP contribution < -0.4 is 5.69 Å². The topological polar surface area (TPSA) is 39.8 Å². The van der Waals surface area contributed by atoms with E-state index in [1.54, 1.807) is 15.9 Å². The first kappa shape index (κ1) is 11.7. The van der Waals surface area contributed by atoms with Gasteiger partial charge in [-0.2, -0.15) is 0 Å². The molecule has 0 amide bonds. The summed E-state index contributed by atoms with van der Waals surface area (Å²) in [6.45, 7) is 2.75. The summed E-state index contributed by atoms with van der Waals surface area (Å²) in [5, 5.41) is 3.23. The molecular formula is C13H17N3OS. The maximum atomic E-state index is 12.1. The molecule has 0 bridgehead atoms. The summed E-state index contributed by atoms with van der Waals surface area (Å²) >= 11 is 1.69. The van der Waals surface area contributed by atoms with Crippen molar-refractivity contribution < 1.29 is 0 Å². The normalized spacial score (nSPS) is 15.2. The average Bonchev–Trinajstić information content (AvgIpc) is 3.01. The van der Waals surface area contributed by atoms with Crippen LogP contribution in [0.2, 0.25) is 0 Å². The molecule has 5 heteroatoms. The lowest BCUT2D eigenvalue weighted by Gasteiger charge is -1.98. The number of thiazole rings is 1. The van der Waals surface area contributed by atoms with E-state index >= 15 is 0 Å². The first-order valence-electron chi connectivity index (χ1n) is 6.48. The van der Waals surface area contributed by atoms with Gasteiger partial charge >= 0.3 is 5.69 Å². The number of hydrogen-bond donors (Lipinski definition) is 0. The van der Waals surface area contributed by atoms with Gasteiger partial charge < -0.3 is 0 Å². The van der Waals surface area contributed by atoms with E-state index in [9.17, 15) is 4.79 Å². The van der Waals surface area contributed by atoms with E-state index in [-0.39, 0.29) is 5.69 Å². The molecule has 1 aliphatic rings. The SMILES string of the molecule is CCCc1nc(Cn2ccn(C3CC3)c2=O)cs1.